The van der Waals surface area contributed by atoms with Gasteiger partial charge in [0.05, 0.1) is 22.4 Å². The Kier molecular flexibility index (Phi) is 5.69. The monoisotopic (exact) mass is 739 g/mol. The maximum atomic E-state index is 2.89. The van der Waals surface area contributed by atoms with Crippen molar-refractivity contribution in [1.82, 2.24) is 4.57 Å². The van der Waals surface area contributed by atoms with Crippen LogP contribution < -0.4 is 36.6 Å². The van der Waals surface area contributed by atoms with E-state index in [-0.39, 0.29) is 23.1 Å². The molecule has 5 heterocycles. The van der Waals surface area contributed by atoms with E-state index in [1.54, 1.807) is 10.8 Å². The highest BCUT2D eigenvalue weighted by atomic mass is 28.3. The molecule has 6 aromatic carbocycles. The van der Waals surface area contributed by atoms with Crippen molar-refractivity contribution in [2.24, 2.45) is 0 Å². The van der Waals surface area contributed by atoms with Crippen LogP contribution in [0.25, 0.3) is 27.8 Å². The van der Waals surface area contributed by atoms with Crippen molar-refractivity contribution in [3.8, 4) is 16.9 Å². The molecule has 56 heavy (non-hydrogen) atoms. The molecule has 2 unspecified atom stereocenters. The number of aromatic nitrogens is 1. The second-order valence-electron chi connectivity index (χ2n) is 19.2. The molecule has 2 aliphatic carbocycles. The topological polar surface area (TPSA) is 11.4 Å². The minimum absolute atomic E-state index is 0.0345. The Bertz CT molecular complexity index is 2950. The fraction of sp³-hybridized carbons (Fsp3) is 0.255. The number of anilines is 5. The number of para-hydroxylation sites is 4. The molecular weight excluding hydrogens is 693 g/mol. The average molecular weight is 740 g/mol. The van der Waals surface area contributed by atoms with E-state index in [0.717, 1.165) is 0 Å². The third-order valence-electron chi connectivity index (χ3n) is 16.1. The van der Waals surface area contributed by atoms with Crippen LogP contribution in [0.15, 0.2) is 121 Å². The number of hydrogen-bond donors (Lipinski definition) is 0. The number of rotatable bonds is 1. The van der Waals surface area contributed by atoms with E-state index in [0.29, 0.717) is 0 Å². The van der Waals surface area contributed by atoms with Gasteiger partial charge in [-0.3, -0.25) is 0 Å². The average Bonchev–Trinajstić information content (AvgIpc) is 3.76. The minimum atomic E-state index is -2.03. The van der Waals surface area contributed by atoms with Crippen LogP contribution in [0, 0.1) is 0 Å². The Hall–Kier alpha value is -5.26. The Morgan fingerprint density at radius 3 is 2.18 bits per heavy atom. The number of benzene rings is 6. The summed E-state index contributed by atoms with van der Waals surface area (Å²) in [6.07, 6.45) is 4.98. The molecule has 6 aliphatic rings. The van der Waals surface area contributed by atoms with Gasteiger partial charge in [-0.1, -0.05) is 144 Å². The zero-order valence-electron chi connectivity index (χ0n) is 33.3. The van der Waals surface area contributed by atoms with Gasteiger partial charge in [0.15, 0.2) is 0 Å². The molecule has 7 aromatic rings. The van der Waals surface area contributed by atoms with E-state index in [9.17, 15) is 0 Å². The normalized spacial score (nSPS) is 23.2. The van der Waals surface area contributed by atoms with Gasteiger partial charge in [0.25, 0.3) is 6.71 Å². The predicted octanol–water partition coefficient (Wildman–Crippen LogP) is 9.43. The van der Waals surface area contributed by atoms with Crippen molar-refractivity contribution in [2.45, 2.75) is 82.8 Å². The fourth-order valence-electron chi connectivity index (χ4n) is 13.3. The van der Waals surface area contributed by atoms with Crippen LogP contribution in [0.5, 0.6) is 0 Å². The van der Waals surface area contributed by atoms with Gasteiger partial charge in [0.1, 0.15) is 8.07 Å². The van der Waals surface area contributed by atoms with Gasteiger partial charge in [-0.2, -0.15) is 0 Å². The van der Waals surface area contributed by atoms with E-state index >= 15 is 0 Å². The van der Waals surface area contributed by atoms with Gasteiger partial charge in [-0.15, -0.1) is 0 Å². The van der Waals surface area contributed by atoms with Crippen LogP contribution in [0.3, 0.4) is 0 Å². The highest BCUT2D eigenvalue weighted by Crippen LogP contribution is 2.62. The Morgan fingerprint density at radius 1 is 0.625 bits per heavy atom. The quantitative estimate of drug-likeness (QED) is 0.156. The second kappa shape index (κ2) is 9.99. The van der Waals surface area contributed by atoms with E-state index in [2.05, 4.69) is 176 Å². The van der Waals surface area contributed by atoms with Crippen LogP contribution in [-0.2, 0) is 10.8 Å². The smallest absolute Gasteiger partial charge is 0.252 e. The molecule has 13 rings (SSSR count). The van der Waals surface area contributed by atoms with Crippen molar-refractivity contribution in [2.75, 3.05) is 9.80 Å². The summed E-state index contributed by atoms with van der Waals surface area (Å²) in [5.74, 6) is 0. The zero-order chi connectivity index (χ0) is 37.7. The lowest BCUT2D eigenvalue weighted by Crippen LogP contribution is -2.68. The number of nitrogens with zero attached hydrogens (tertiary/aromatic N) is 3. The summed E-state index contributed by atoms with van der Waals surface area (Å²) in [5.41, 5.74) is 21.1. The summed E-state index contributed by atoms with van der Waals surface area (Å²) in [4.78, 5) is 5.61. The standard InChI is InChI=1S/C51H46BN3Si/c1-49(2)34-19-9-7-17-32(34)46-44(49)33-18-8-10-23-38(33)53(46)31-29-40-45-41(30-31)55-47-35(50(3)27-13-14-28-51(50,55)4)20-15-21-36(47)52(45)37-22-16-26-43-48(37)54(40)39-24-11-12-25-42(39)56(43,5)6/h7-12,15-26,29-30H,13-14,27-28H2,1-6H3. The summed E-state index contributed by atoms with van der Waals surface area (Å²) in [5, 5.41) is 4.44. The minimum Gasteiger partial charge on any atom is -0.335 e. The van der Waals surface area contributed by atoms with E-state index in [4.69, 9.17) is 0 Å². The molecule has 1 fully saturated rings. The van der Waals surface area contributed by atoms with Gasteiger partial charge >= 0.3 is 0 Å². The Balaban J connectivity index is 1.21. The summed E-state index contributed by atoms with van der Waals surface area (Å²) < 4.78 is 2.65. The zero-order valence-corrected chi connectivity index (χ0v) is 34.3. The first-order chi connectivity index (χ1) is 27.1. The van der Waals surface area contributed by atoms with Crippen molar-refractivity contribution >= 4 is 80.9 Å². The summed E-state index contributed by atoms with van der Waals surface area (Å²) >= 11 is 0. The van der Waals surface area contributed by atoms with Gasteiger partial charge in [0, 0.05) is 50.2 Å². The lowest BCUT2D eigenvalue weighted by Gasteiger charge is -2.53. The molecule has 1 saturated carbocycles. The van der Waals surface area contributed by atoms with Crippen molar-refractivity contribution in [1.29, 1.82) is 0 Å². The molecule has 1 aromatic heterocycles. The van der Waals surface area contributed by atoms with Gasteiger partial charge in [0.2, 0.25) is 0 Å². The molecule has 0 N–H and O–H groups in total. The molecule has 4 aliphatic heterocycles. The lowest BCUT2D eigenvalue weighted by molar-refractivity contribution is 0.195. The fourth-order valence-corrected chi connectivity index (χ4v) is 16.3. The molecule has 0 spiro atoms. The Morgan fingerprint density at radius 2 is 1.30 bits per heavy atom. The van der Waals surface area contributed by atoms with E-state index in [1.807, 2.05) is 0 Å². The first-order valence-corrected chi connectivity index (χ1v) is 24.0. The SMILES string of the molecule is CC1(C)c2ccccc2-c2c1c1ccccc1n2-c1cc2c3c(c1)N1c4c(cccc4C4(C)CCCCC14C)B3c1cccc3c1N2c1ccccc1[Si]3(C)C. The first kappa shape index (κ1) is 31.9. The van der Waals surface area contributed by atoms with Crippen molar-refractivity contribution in [3.63, 3.8) is 0 Å². The molecule has 0 amide bonds. The van der Waals surface area contributed by atoms with Gasteiger partial charge in [-0.25, -0.2) is 0 Å². The lowest BCUT2D eigenvalue weighted by atomic mass is 9.33. The van der Waals surface area contributed by atoms with Crippen molar-refractivity contribution < 1.29 is 0 Å². The molecule has 272 valence electrons. The third kappa shape index (κ3) is 3.36. The maximum Gasteiger partial charge on any atom is 0.252 e. The Labute approximate surface area is 331 Å². The molecule has 5 heteroatoms. The van der Waals surface area contributed by atoms with Gasteiger partial charge in [-0.05, 0) is 87.5 Å². The van der Waals surface area contributed by atoms with Crippen LogP contribution in [0.4, 0.5) is 28.4 Å². The molecule has 3 nitrogen and oxygen atoms in total. The van der Waals surface area contributed by atoms with Crippen molar-refractivity contribution in [3.05, 3.63) is 138 Å². The number of hydrogen-bond acceptors (Lipinski definition) is 2. The molecular formula is C51H46BN3Si. The summed E-state index contributed by atoms with van der Waals surface area (Å²) in [7, 11) is -2.03. The van der Waals surface area contributed by atoms with Gasteiger partial charge < -0.3 is 14.4 Å². The molecule has 0 radical (unpaired) electrons. The highest BCUT2D eigenvalue weighted by Gasteiger charge is 2.61. The molecule has 0 bridgehead atoms. The van der Waals surface area contributed by atoms with Crippen LogP contribution in [0.1, 0.15) is 70.1 Å². The first-order valence-electron chi connectivity index (χ1n) is 21.0. The van der Waals surface area contributed by atoms with Crippen LogP contribution in [-0.4, -0.2) is 24.9 Å². The molecule has 0 saturated heterocycles. The van der Waals surface area contributed by atoms with Crippen LogP contribution >= 0.6 is 0 Å². The molecule has 2 atom stereocenters. The third-order valence-corrected chi connectivity index (χ3v) is 19.6. The maximum absolute atomic E-state index is 2.89. The highest BCUT2D eigenvalue weighted by molar-refractivity contribution is 7.05. The van der Waals surface area contributed by atoms with E-state index < -0.39 is 8.07 Å². The second-order valence-corrected chi connectivity index (χ2v) is 23.5. The predicted molar refractivity (Wildman–Crippen MR) is 240 cm³/mol. The number of fused-ring (bicyclic) bond motifs is 14. The summed E-state index contributed by atoms with van der Waals surface area (Å²) in [6, 6.07) is 47.7. The summed E-state index contributed by atoms with van der Waals surface area (Å²) in [6.45, 7) is 15.4. The van der Waals surface area contributed by atoms with E-state index in [1.165, 1.54) is 115 Å². The largest absolute Gasteiger partial charge is 0.335 e. The van der Waals surface area contributed by atoms with Crippen LogP contribution in [0.2, 0.25) is 13.1 Å².